The number of aromatic amines is 2. The van der Waals surface area contributed by atoms with E-state index in [2.05, 4.69) is 41.5 Å². The largest absolute Gasteiger partial charge is 0.335 e. The fraction of sp³-hybridized carbons (Fsp3) is 0.120. The number of fused-ring (bicyclic) bond motifs is 2. The van der Waals surface area contributed by atoms with Crippen LogP contribution in [-0.2, 0) is 4.79 Å². The van der Waals surface area contributed by atoms with Crippen molar-refractivity contribution < 1.29 is 9.18 Å². The van der Waals surface area contributed by atoms with Gasteiger partial charge in [0.1, 0.15) is 16.9 Å². The smallest absolute Gasteiger partial charge is 0.224 e. The minimum Gasteiger partial charge on any atom is -0.335 e. The number of nitrogens with zero attached hydrogens (tertiary/aromatic N) is 5. The fourth-order valence-corrected chi connectivity index (χ4v) is 4.92. The molecule has 9 nitrogen and oxygen atoms in total. The molecule has 0 radical (unpaired) electrons. The van der Waals surface area contributed by atoms with E-state index < -0.39 is 5.82 Å². The van der Waals surface area contributed by atoms with E-state index >= 15 is 4.39 Å². The van der Waals surface area contributed by atoms with Gasteiger partial charge in [-0.05, 0) is 25.1 Å². The maximum absolute atomic E-state index is 15.9. The normalized spacial score (nSPS) is 11.4. The van der Waals surface area contributed by atoms with Gasteiger partial charge >= 0.3 is 0 Å². The van der Waals surface area contributed by atoms with Gasteiger partial charge in [-0.15, -0.1) is 11.3 Å². The highest BCUT2D eigenvalue weighted by Crippen LogP contribution is 2.36. The number of aryl methyl sites for hydroxylation is 1. The summed E-state index contributed by atoms with van der Waals surface area (Å²) in [5.41, 5.74) is 4.11. The quantitative estimate of drug-likeness (QED) is 0.289. The number of hydrogen-bond donors (Lipinski definition) is 3. The Morgan fingerprint density at radius 2 is 1.94 bits per heavy atom. The maximum Gasteiger partial charge on any atom is 0.224 e. The van der Waals surface area contributed by atoms with Crippen LogP contribution in [0.3, 0.4) is 0 Å². The number of rotatable bonds is 5. The molecule has 0 unspecified atom stereocenters. The first kappa shape index (κ1) is 22.0. The molecule has 6 rings (SSSR count). The maximum atomic E-state index is 15.9. The first-order chi connectivity index (χ1) is 17.5. The number of nitrogens with one attached hydrogen (secondary N) is 3. The molecule has 6 aromatic rings. The molecule has 178 valence electrons. The van der Waals surface area contributed by atoms with Crippen LogP contribution >= 0.6 is 11.3 Å². The predicted octanol–water partition coefficient (Wildman–Crippen LogP) is 5.48. The van der Waals surface area contributed by atoms with E-state index in [1.807, 2.05) is 13.0 Å². The highest BCUT2D eigenvalue weighted by molar-refractivity contribution is 7.15. The van der Waals surface area contributed by atoms with Gasteiger partial charge in [-0.2, -0.15) is 5.10 Å². The Morgan fingerprint density at radius 3 is 2.75 bits per heavy atom. The molecular weight excluding hydrogens is 479 g/mol. The van der Waals surface area contributed by atoms with E-state index in [4.69, 9.17) is 4.98 Å². The van der Waals surface area contributed by atoms with E-state index in [-0.39, 0.29) is 17.0 Å². The second-order valence-corrected chi connectivity index (χ2v) is 9.51. The second-order valence-electron chi connectivity index (χ2n) is 8.22. The standard InChI is InChI=1S/C25H19FN8OS/c1-3-19(35)30-14-6-13(7-27-8-14)22-21(26)20-16(11-29-22)33-34-24(20)25-31-17-10-28-9-15(23(17)32-25)18-5-4-12(2)36-18/h4-11H,3H2,1-2H3,(H,30,35)(H,31,32)(H,33,34). The molecule has 0 saturated heterocycles. The predicted molar refractivity (Wildman–Crippen MR) is 137 cm³/mol. The summed E-state index contributed by atoms with van der Waals surface area (Å²) < 4.78 is 15.9. The summed E-state index contributed by atoms with van der Waals surface area (Å²) in [5.74, 6) is -0.312. The van der Waals surface area contributed by atoms with Gasteiger partial charge in [-0.25, -0.2) is 9.37 Å². The molecule has 3 N–H and O–H groups in total. The van der Waals surface area contributed by atoms with Crippen molar-refractivity contribution in [2.75, 3.05) is 5.32 Å². The zero-order chi connectivity index (χ0) is 24.8. The van der Waals surface area contributed by atoms with Crippen LogP contribution in [-0.4, -0.2) is 41.0 Å². The molecule has 0 bridgehead atoms. The molecule has 0 spiro atoms. The van der Waals surface area contributed by atoms with E-state index in [0.717, 1.165) is 21.5 Å². The minimum atomic E-state index is -0.565. The first-order valence-corrected chi connectivity index (χ1v) is 12.0. The van der Waals surface area contributed by atoms with Gasteiger partial charge in [0.2, 0.25) is 5.91 Å². The zero-order valence-corrected chi connectivity index (χ0v) is 20.1. The highest BCUT2D eigenvalue weighted by atomic mass is 32.1. The molecule has 1 amide bonds. The van der Waals surface area contributed by atoms with E-state index in [0.29, 0.717) is 34.7 Å². The molecule has 0 aliphatic heterocycles. The van der Waals surface area contributed by atoms with Crippen molar-refractivity contribution in [3.63, 3.8) is 0 Å². The number of carbonyl (C=O) groups is 1. The average Bonchev–Trinajstić information content (AvgIpc) is 3.62. The number of carbonyl (C=O) groups excluding carboxylic acids is 1. The van der Waals surface area contributed by atoms with Gasteiger partial charge in [0.05, 0.1) is 40.7 Å². The van der Waals surface area contributed by atoms with Crippen molar-refractivity contribution in [1.29, 1.82) is 0 Å². The molecule has 0 aromatic carbocycles. The summed E-state index contributed by atoms with van der Waals surface area (Å²) in [7, 11) is 0. The topological polar surface area (TPSA) is 125 Å². The van der Waals surface area contributed by atoms with Gasteiger partial charge in [-0.3, -0.25) is 24.8 Å². The molecule has 11 heteroatoms. The van der Waals surface area contributed by atoms with Crippen molar-refractivity contribution in [2.24, 2.45) is 0 Å². The van der Waals surface area contributed by atoms with Gasteiger partial charge in [-0.1, -0.05) is 6.92 Å². The van der Waals surface area contributed by atoms with Crippen LogP contribution in [0.15, 0.2) is 49.2 Å². The number of thiophene rings is 1. The minimum absolute atomic E-state index is 0.0952. The molecular formula is C25H19FN8OS. The van der Waals surface area contributed by atoms with Crippen molar-refractivity contribution in [1.82, 2.24) is 35.1 Å². The summed E-state index contributed by atoms with van der Waals surface area (Å²) in [4.78, 5) is 34.8. The lowest BCUT2D eigenvalue weighted by molar-refractivity contribution is -0.115. The molecule has 0 fully saturated rings. The number of amides is 1. The van der Waals surface area contributed by atoms with Crippen LogP contribution in [0.1, 0.15) is 18.2 Å². The van der Waals surface area contributed by atoms with Gasteiger partial charge in [0.15, 0.2) is 11.6 Å². The Hall–Kier alpha value is -4.51. The molecule has 0 atom stereocenters. The van der Waals surface area contributed by atoms with Gasteiger partial charge < -0.3 is 10.3 Å². The van der Waals surface area contributed by atoms with Crippen LogP contribution in [0, 0.1) is 12.7 Å². The summed E-state index contributed by atoms with van der Waals surface area (Å²) in [6.45, 7) is 3.80. The number of halogens is 1. The number of imidazole rings is 1. The van der Waals surface area contributed by atoms with Crippen LogP contribution < -0.4 is 5.32 Å². The summed E-state index contributed by atoms with van der Waals surface area (Å²) >= 11 is 1.66. The lowest BCUT2D eigenvalue weighted by atomic mass is 10.1. The van der Waals surface area contributed by atoms with Gasteiger partial charge in [0, 0.05) is 39.7 Å². The Labute approximate surface area is 207 Å². The third-order valence-corrected chi connectivity index (χ3v) is 6.82. The van der Waals surface area contributed by atoms with Gasteiger partial charge in [0.25, 0.3) is 0 Å². The molecule has 0 aliphatic rings. The summed E-state index contributed by atoms with van der Waals surface area (Å²) in [5, 5.41) is 10.2. The summed E-state index contributed by atoms with van der Waals surface area (Å²) in [6.07, 6.45) is 8.32. The average molecular weight is 499 g/mol. The molecule has 6 aromatic heterocycles. The Kier molecular flexibility index (Phi) is 5.26. The fourth-order valence-electron chi connectivity index (χ4n) is 4.04. The SMILES string of the molecule is CCC(=O)Nc1cncc(-c2ncc3[nH]nc(-c4nc5c(-c6ccc(C)s6)cncc5[nH]4)c3c2F)c1. The lowest BCUT2D eigenvalue weighted by Crippen LogP contribution is -2.09. The van der Waals surface area contributed by atoms with Crippen molar-refractivity contribution in [3.8, 4) is 33.2 Å². The number of aromatic nitrogens is 7. The lowest BCUT2D eigenvalue weighted by Gasteiger charge is -2.07. The van der Waals surface area contributed by atoms with Crippen LogP contribution in [0.4, 0.5) is 10.1 Å². The third-order valence-electron chi connectivity index (χ3n) is 5.79. The number of pyridine rings is 3. The highest BCUT2D eigenvalue weighted by Gasteiger charge is 2.21. The van der Waals surface area contributed by atoms with Crippen LogP contribution in [0.25, 0.3) is 55.2 Å². The van der Waals surface area contributed by atoms with E-state index in [1.165, 1.54) is 23.5 Å². The molecule has 0 aliphatic carbocycles. The van der Waals surface area contributed by atoms with Crippen molar-refractivity contribution >= 4 is 44.9 Å². The number of hydrogen-bond acceptors (Lipinski definition) is 7. The van der Waals surface area contributed by atoms with Crippen molar-refractivity contribution in [2.45, 2.75) is 20.3 Å². The Morgan fingerprint density at radius 1 is 1.08 bits per heavy atom. The Balaban J connectivity index is 1.47. The Bertz CT molecular complexity index is 1770. The second kappa shape index (κ2) is 8.61. The summed E-state index contributed by atoms with van der Waals surface area (Å²) in [6, 6.07) is 5.73. The van der Waals surface area contributed by atoms with Crippen LogP contribution in [0.2, 0.25) is 0 Å². The molecule has 6 heterocycles. The number of H-pyrrole nitrogens is 2. The van der Waals surface area contributed by atoms with Crippen molar-refractivity contribution in [3.05, 3.63) is 59.9 Å². The monoisotopic (exact) mass is 498 g/mol. The zero-order valence-electron chi connectivity index (χ0n) is 19.3. The third kappa shape index (κ3) is 3.69. The van der Waals surface area contributed by atoms with E-state index in [1.54, 1.807) is 36.7 Å². The van der Waals surface area contributed by atoms with E-state index in [9.17, 15) is 4.79 Å². The first-order valence-electron chi connectivity index (χ1n) is 11.2. The molecule has 0 saturated carbocycles. The van der Waals surface area contributed by atoms with Crippen LogP contribution in [0.5, 0.6) is 0 Å². The molecule has 36 heavy (non-hydrogen) atoms. The number of anilines is 1.